The van der Waals surface area contributed by atoms with E-state index in [9.17, 15) is 18.0 Å². The van der Waals surface area contributed by atoms with Crippen LogP contribution in [0.2, 0.25) is 0 Å². The van der Waals surface area contributed by atoms with Gasteiger partial charge in [0, 0.05) is 43.5 Å². The summed E-state index contributed by atoms with van der Waals surface area (Å²) < 4.78 is 29.0. The van der Waals surface area contributed by atoms with Crippen molar-refractivity contribution < 1.29 is 18.0 Å². The first-order valence-electron chi connectivity index (χ1n) is 10.3. The minimum atomic E-state index is -3.68. The molecule has 0 bridgehead atoms. The van der Waals surface area contributed by atoms with E-state index >= 15 is 0 Å². The molecule has 1 aromatic heterocycles. The summed E-state index contributed by atoms with van der Waals surface area (Å²) in [5, 5.41) is 4.26. The summed E-state index contributed by atoms with van der Waals surface area (Å²) in [5.74, 6) is -0.245. The molecule has 32 heavy (non-hydrogen) atoms. The van der Waals surface area contributed by atoms with Gasteiger partial charge in [0.1, 0.15) is 0 Å². The smallest absolute Gasteiger partial charge is 0.253 e. The maximum atomic E-state index is 12.9. The highest BCUT2D eigenvalue weighted by Crippen LogP contribution is 2.20. The Kier molecular flexibility index (Phi) is 5.94. The van der Waals surface area contributed by atoms with Gasteiger partial charge in [-0.3, -0.25) is 9.59 Å². The average Bonchev–Trinajstić information content (AvgIpc) is 3.25. The van der Waals surface area contributed by atoms with Gasteiger partial charge in [-0.15, -0.1) is 0 Å². The predicted octanol–water partition coefficient (Wildman–Crippen LogP) is 2.53. The zero-order valence-corrected chi connectivity index (χ0v) is 18.7. The summed E-state index contributed by atoms with van der Waals surface area (Å²) >= 11 is 0. The lowest BCUT2D eigenvalue weighted by Gasteiger charge is -2.34. The van der Waals surface area contributed by atoms with Gasteiger partial charge in [0.25, 0.3) is 5.91 Å². The number of amides is 1. The number of piperazine rings is 1. The SMILES string of the molecule is CC(=O)c1ccc(S(=O)(=O)N2CCN(C(=O)c3ccc(-n4cc(C)cn4)cc3)CC2)cc1. The molecule has 1 amide bonds. The molecule has 8 nitrogen and oxygen atoms in total. The molecule has 0 N–H and O–H groups in total. The Labute approximate surface area is 187 Å². The standard InChI is InChI=1S/C23H24N4O4S/c1-17-15-24-27(16-17)21-7-3-20(4-8-21)23(29)25-11-13-26(14-12-25)32(30,31)22-9-5-19(6-10-22)18(2)28/h3-10,15-16H,11-14H2,1-2H3. The summed E-state index contributed by atoms with van der Waals surface area (Å²) in [6, 6.07) is 13.1. The number of aryl methyl sites for hydroxylation is 1. The topological polar surface area (TPSA) is 92.6 Å². The van der Waals surface area contributed by atoms with Crippen molar-refractivity contribution >= 4 is 21.7 Å². The largest absolute Gasteiger partial charge is 0.336 e. The fraction of sp³-hybridized carbons (Fsp3) is 0.261. The number of ketones is 1. The Morgan fingerprint density at radius 2 is 1.47 bits per heavy atom. The highest BCUT2D eigenvalue weighted by Gasteiger charge is 2.30. The first-order chi connectivity index (χ1) is 15.3. The van der Waals surface area contributed by atoms with Crippen molar-refractivity contribution in [3.63, 3.8) is 0 Å². The maximum Gasteiger partial charge on any atom is 0.253 e. The third kappa shape index (κ3) is 4.35. The van der Waals surface area contributed by atoms with Crippen molar-refractivity contribution in [1.29, 1.82) is 0 Å². The van der Waals surface area contributed by atoms with Crippen molar-refractivity contribution in [3.8, 4) is 5.69 Å². The van der Waals surface area contributed by atoms with Crippen LogP contribution in [-0.4, -0.2) is 65.3 Å². The van der Waals surface area contributed by atoms with Gasteiger partial charge >= 0.3 is 0 Å². The molecular weight excluding hydrogens is 428 g/mol. The number of carbonyl (C=O) groups excluding carboxylic acids is 2. The van der Waals surface area contributed by atoms with Gasteiger partial charge in [-0.1, -0.05) is 12.1 Å². The third-order valence-corrected chi connectivity index (χ3v) is 7.43. The van der Waals surface area contributed by atoms with E-state index in [4.69, 9.17) is 0 Å². The Morgan fingerprint density at radius 1 is 0.875 bits per heavy atom. The number of sulfonamides is 1. The number of carbonyl (C=O) groups is 2. The molecule has 0 unspecified atom stereocenters. The molecule has 2 heterocycles. The van der Waals surface area contributed by atoms with Crippen LogP contribution in [0.1, 0.15) is 33.2 Å². The summed E-state index contributed by atoms with van der Waals surface area (Å²) in [5.41, 5.74) is 2.93. The minimum Gasteiger partial charge on any atom is -0.336 e. The van der Waals surface area contributed by atoms with Crippen LogP contribution >= 0.6 is 0 Å². The molecule has 9 heteroatoms. The van der Waals surface area contributed by atoms with Crippen LogP contribution in [0.15, 0.2) is 65.8 Å². The lowest BCUT2D eigenvalue weighted by molar-refractivity contribution is 0.0698. The van der Waals surface area contributed by atoms with Gasteiger partial charge in [-0.2, -0.15) is 9.40 Å². The summed E-state index contributed by atoms with van der Waals surface area (Å²) in [6.45, 7) is 4.45. The first-order valence-corrected chi connectivity index (χ1v) is 11.7. The van der Waals surface area contributed by atoms with E-state index < -0.39 is 10.0 Å². The summed E-state index contributed by atoms with van der Waals surface area (Å²) in [7, 11) is -3.68. The van der Waals surface area contributed by atoms with Gasteiger partial charge in [0.05, 0.1) is 16.8 Å². The van der Waals surface area contributed by atoms with Crippen molar-refractivity contribution in [2.45, 2.75) is 18.7 Å². The molecule has 1 aliphatic heterocycles. The Morgan fingerprint density at radius 3 is 2.00 bits per heavy atom. The molecule has 0 aliphatic carbocycles. The average molecular weight is 453 g/mol. The highest BCUT2D eigenvalue weighted by molar-refractivity contribution is 7.89. The number of hydrogen-bond acceptors (Lipinski definition) is 5. The molecular formula is C23H24N4O4S. The van der Waals surface area contributed by atoms with Crippen molar-refractivity contribution in [2.75, 3.05) is 26.2 Å². The number of aromatic nitrogens is 2. The molecule has 1 aliphatic rings. The normalized spacial score (nSPS) is 15.0. The quantitative estimate of drug-likeness (QED) is 0.555. The van der Waals surface area contributed by atoms with Crippen LogP contribution < -0.4 is 0 Å². The monoisotopic (exact) mass is 452 g/mol. The molecule has 0 saturated carbocycles. The number of Topliss-reactive ketones (excluding diaryl/α,β-unsaturated/α-hetero) is 1. The first kappa shape index (κ1) is 21.9. The predicted molar refractivity (Wildman–Crippen MR) is 119 cm³/mol. The highest BCUT2D eigenvalue weighted by atomic mass is 32.2. The molecule has 166 valence electrons. The van der Waals surface area contributed by atoms with Crippen LogP contribution in [0.5, 0.6) is 0 Å². The second-order valence-electron chi connectivity index (χ2n) is 7.79. The molecule has 0 atom stereocenters. The molecule has 2 aromatic carbocycles. The second kappa shape index (κ2) is 8.68. The fourth-order valence-corrected chi connectivity index (χ4v) is 5.06. The van der Waals surface area contributed by atoms with Crippen LogP contribution in [0, 0.1) is 6.92 Å². The molecule has 0 spiro atoms. The third-order valence-electron chi connectivity index (χ3n) is 5.51. The zero-order valence-electron chi connectivity index (χ0n) is 17.9. The number of rotatable bonds is 5. The zero-order chi connectivity index (χ0) is 22.9. The van der Waals surface area contributed by atoms with Crippen LogP contribution in [0.4, 0.5) is 0 Å². The number of nitrogens with zero attached hydrogens (tertiary/aromatic N) is 4. The Bertz CT molecular complexity index is 1240. The van der Waals surface area contributed by atoms with Crippen LogP contribution in [0.3, 0.4) is 0 Å². The van der Waals surface area contributed by atoms with Gasteiger partial charge in [-0.05, 0) is 55.8 Å². The van der Waals surface area contributed by atoms with Crippen LogP contribution in [0.25, 0.3) is 5.69 Å². The summed E-state index contributed by atoms with van der Waals surface area (Å²) in [6.07, 6.45) is 3.68. The minimum absolute atomic E-state index is 0.117. The lowest BCUT2D eigenvalue weighted by atomic mass is 10.1. The summed E-state index contributed by atoms with van der Waals surface area (Å²) in [4.78, 5) is 26.1. The van der Waals surface area contributed by atoms with E-state index in [0.29, 0.717) is 24.2 Å². The molecule has 1 fully saturated rings. The van der Waals surface area contributed by atoms with E-state index in [0.717, 1.165) is 11.3 Å². The molecule has 4 rings (SSSR count). The van der Waals surface area contributed by atoms with E-state index in [-0.39, 0.29) is 29.7 Å². The maximum absolute atomic E-state index is 12.9. The lowest BCUT2D eigenvalue weighted by Crippen LogP contribution is -2.50. The van der Waals surface area contributed by atoms with Crippen LogP contribution in [-0.2, 0) is 10.0 Å². The van der Waals surface area contributed by atoms with E-state index in [1.807, 2.05) is 25.3 Å². The van der Waals surface area contributed by atoms with Gasteiger partial charge in [0.15, 0.2) is 5.78 Å². The van der Waals surface area contributed by atoms with Gasteiger partial charge in [0.2, 0.25) is 10.0 Å². The van der Waals surface area contributed by atoms with Gasteiger partial charge in [-0.25, -0.2) is 13.1 Å². The molecule has 0 radical (unpaired) electrons. The molecule has 1 saturated heterocycles. The number of benzene rings is 2. The van der Waals surface area contributed by atoms with Crippen molar-refractivity contribution in [3.05, 3.63) is 77.6 Å². The Hall–Kier alpha value is -3.30. The second-order valence-corrected chi connectivity index (χ2v) is 9.72. The Balaban J connectivity index is 1.40. The van der Waals surface area contributed by atoms with E-state index in [1.165, 1.54) is 35.5 Å². The van der Waals surface area contributed by atoms with Crippen molar-refractivity contribution in [1.82, 2.24) is 19.0 Å². The number of hydrogen-bond donors (Lipinski definition) is 0. The fourth-order valence-electron chi connectivity index (χ4n) is 3.64. The van der Waals surface area contributed by atoms with Gasteiger partial charge < -0.3 is 4.90 Å². The van der Waals surface area contributed by atoms with E-state index in [1.54, 1.807) is 27.9 Å². The van der Waals surface area contributed by atoms with Crippen molar-refractivity contribution in [2.24, 2.45) is 0 Å². The molecule has 3 aromatic rings. The van der Waals surface area contributed by atoms with E-state index in [2.05, 4.69) is 5.10 Å².